The van der Waals surface area contributed by atoms with E-state index < -0.39 is 45.5 Å². The van der Waals surface area contributed by atoms with Crippen molar-refractivity contribution in [2.45, 2.75) is 82.8 Å². The van der Waals surface area contributed by atoms with Gasteiger partial charge in [-0.3, -0.25) is 0 Å². The zero-order valence-corrected chi connectivity index (χ0v) is 35.5. The summed E-state index contributed by atoms with van der Waals surface area (Å²) in [6.45, 7) is 28.4. The first-order chi connectivity index (χ1) is 21.6. The monoisotopic (exact) mass is 730 g/mol. The summed E-state index contributed by atoms with van der Waals surface area (Å²) in [5, 5.41) is 5.69. The van der Waals surface area contributed by atoms with Gasteiger partial charge in [-0.15, -0.1) is 0 Å². The Labute approximate surface area is 289 Å². The predicted molar refractivity (Wildman–Crippen MR) is 208 cm³/mol. The van der Waals surface area contributed by atoms with Gasteiger partial charge in [-0.05, 0) is 0 Å². The first-order valence-corrected chi connectivity index (χ1v) is 31.5. The predicted octanol–water partition coefficient (Wildman–Crippen LogP) is 11.8. The second-order valence-electron chi connectivity index (χ2n) is 16.8. The molecular formula is C42H52Si3Zr. The standard InChI is InChI=1S/C15H13.C14H29Si3.C13H10.Zr/c1-10-3-5-14-12(7-10)9-13-8-11(2)4-6-15(13)14;1-15(2,3)12-10-11-13(16(4,5)6)14(12)17(7,8)9;1-3-7-12(8-4-1)11-13-9-5-2-6-10-13;/h3-9H,1-2H3;10H2,1-9H3;1-10H;. The summed E-state index contributed by atoms with van der Waals surface area (Å²) in [5.74, 6) is 0. The summed E-state index contributed by atoms with van der Waals surface area (Å²) < 4.78 is 4.08. The van der Waals surface area contributed by atoms with Crippen molar-refractivity contribution >= 4 is 27.4 Å². The molecule has 0 nitrogen and oxygen atoms in total. The maximum atomic E-state index is 2.66. The second-order valence-corrected chi connectivity index (χ2v) is 38.0. The first-order valence-electron chi connectivity index (χ1n) is 17.1. The number of rotatable bonds is 7. The van der Waals surface area contributed by atoms with E-state index in [2.05, 4.69) is 170 Å². The van der Waals surface area contributed by atoms with E-state index in [9.17, 15) is 0 Å². The van der Waals surface area contributed by atoms with Crippen molar-refractivity contribution in [3.05, 3.63) is 149 Å². The molecule has 0 fully saturated rings. The van der Waals surface area contributed by atoms with Gasteiger partial charge >= 0.3 is 292 Å². The Kier molecular flexibility index (Phi) is 9.02. The molecule has 0 heterocycles. The van der Waals surface area contributed by atoms with Crippen LogP contribution in [0.1, 0.15) is 43.4 Å². The van der Waals surface area contributed by atoms with E-state index in [0.29, 0.717) is 3.63 Å². The number of fused-ring (bicyclic) bond motifs is 3. The van der Waals surface area contributed by atoms with Crippen LogP contribution in [-0.4, -0.2) is 27.4 Å². The van der Waals surface area contributed by atoms with Crippen LogP contribution in [-0.2, 0) is 21.3 Å². The van der Waals surface area contributed by atoms with Gasteiger partial charge in [0.2, 0.25) is 0 Å². The fourth-order valence-electron chi connectivity index (χ4n) is 8.15. The van der Waals surface area contributed by atoms with E-state index >= 15 is 0 Å². The van der Waals surface area contributed by atoms with E-state index in [1.807, 2.05) is 18.9 Å². The molecule has 4 aromatic rings. The molecule has 6 rings (SSSR count). The zero-order valence-electron chi connectivity index (χ0n) is 30.0. The molecule has 0 N–H and O–H groups in total. The Morgan fingerprint density at radius 2 is 0.978 bits per heavy atom. The van der Waals surface area contributed by atoms with Gasteiger partial charge in [0.15, 0.2) is 0 Å². The molecule has 0 aliphatic heterocycles. The molecular weight excluding hydrogens is 680 g/mol. The van der Waals surface area contributed by atoms with Crippen LogP contribution in [0.25, 0.3) is 11.1 Å². The normalized spacial score (nSPS) is 15.4. The Morgan fingerprint density at radius 1 is 0.543 bits per heavy atom. The number of aryl methyl sites for hydroxylation is 2. The molecule has 4 heteroatoms. The Bertz CT molecular complexity index is 1810. The molecule has 0 radical (unpaired) electrons. The van der Waals surface area contributed by atoms with Crippen LogP contribution < -0.4 is 0 Å². The van der Waals surface area contributed by atoms with Gasteiger partial charge in [0, 0.05) is 0 Å². The van der Waals surface area contributed by atoms with Crippen LogP contribution in [0, 0.1) is 13.8 Å². The topological polar surface area (TPSA) is 0 Å². The Morgan fingerprint density at radius 3 is 1.37 bits per heavy atom. The van der Waals surface area contributed by atoms with Crippen molar-refractivity contribution < 1.29 is 21.3 Å². The molecule has 0 bridgehead atoms. The van der Waals surface area contributed by atoms with Gasteiger partial charge in [0.05, 0.1) is 0 Å². The molecule has 0 aromatic heterocycles. The molecule has 46 heavy (non-hydrogen) atoms. The third-order valence-electron chi connectivity index (χ3n) is 9.95. The van der Waals surface area contributed by atoms with E-state index in [1.54, 1.807) is 14.3 Å². The third kappa shape index (κ3) is 6.20. The number of hydrogen-bond acceptors (Lipinski definition) is 0. The summed E-state index contributed by atoms with van der Waals surface area (Å²) in [6.07, 6.45) is 1.23. The van der Waals surface area contributed by atoms with Crippen molar-refractivity contribution in [3.8, 4) is 11.1 Å². The third-order valence-corrected chi connectivity index (χ3v) is 25.7. The molecule has 0 saturated carbocycles. The Hall–Kier alpha value is -2.24. The summed E-state index contributed by atoms with van der Waals surface area (Å²) in [6, 6.07) is 37.8. The van der Waals surface area contributed by atoms with Crippen LogP contribution >= 0.6 is 0 Å². The molecule has 0 spiro atoms. The summed E-state index contributed by atoms with van der Waals surface area (Å²) in [5.41, 5.74) is 11.8. The molecule has 0 amide bonds. The first kappa shape index (κ1) is 33.7. The van der Waals surface area contributed by atoms with Crippen molar-refractivity contribution in [1.82, 2.24) is 0 Å². The van der Waals surface area contributed by atoms with E-state index in [0.717, 1.165) is 0 Å². The van der Waals surface area contributed by atoms with Gasteiger partial charge in [-0.1, -0.05) is 0 Å². The van der Waals surface area contributed by atoms with Crippen LogP contribution in [0.2, 0.25) is 58.9 Å². The fraction of sp³-hybridized carbons (Fsp3) is 0.310. The molecule has 0 unspecified atom stereocenters. The molecule has 4 aromatic carbocycles. The molecule has 0 saturated heterocycles. The number of hydrogen-bond donors (Lipinski definition) is 0. The zero-order chi connectivity index (χ0) is 33.2. The molecule has 0 atom stereocenters. The van der Waals surface area contributed by atoms with Crippen LogP contribution in [0.4, 0.5) is 0 Å². The van der Waals surface area contributed by atoms with Crippen molar-refractivity contribution in [2.75, 3.05) is 0 Å². The van der Waals surface area contributed by atoms with Crippen molar-refractivity contribution in [3.63, 3.8) is 0 Å². The van der Waals surface area contributed by atoms with Crippen molar-refractivity contribution in [2.24, 2.45) is 0 Å². The second kappa shape index (κ2) is 12.3. The average Bonchev–Trinajstić information content (AvgIpc) is 3.54. The van der Waals surface area contributed by atoms with E-state index in [4.69, 9.17) is 0 Å². The molecule has 2 aliphatic rings. The minimum absolute atomic E-state index is 0.452. The van der Waals surface area contributed by atoms with Gasteiger partial charge in [0.1, 0.15) is 0 Å². The van der Waals surface area contributed by atoms with Gasteiger partial charge < -0.3 is 0 Å². The van der Waals surface area contributed by atoms with Crippen LogP contribution in [0.15, 0.2) is 116 Å². The summed E-state index contributed by atoms with van der Waals surface area (Å²) in [4.78, 5) is 0. The van der Waals surface area contributed by atoms with Crippen LogP contribution in [0.3, 0.4) is 0 Å². The van der Waals surface area contributed by atoms with Gasteiger partial charge in [0.25, 0.3) is 0 Å². The van der Waals surface area contributed by atoms with E-state index in [1.165, 1.54) is 39.8 Å². The molecule has 236 valence electrons. The summed E-state index contributed by atoms with van der Waals surface area (Å²) in [7, 11) is -4.95. The van der Waals surface area contributed by atoms with Crippen molar-refractivity contribution in [1.29, 1.82) is 0 Å². The number of allylic oxidation sites excluding steroid dienone is 4. The fourth-order valence-corrected chi connectivity index (χ4v) is 31.7. The minimum atomic E-state index is -2.88. The Balaban J connectivity index is 1.85. The SMILES string of the molecule is Cc1ccc2c(c1)[CH]([Zr]([C]1=C([Si](C)(C)C)C([Si](C)(C)C)=C([Si](C)(C)C)C1)=[C](c1ccccc1)c1ccccc1)c1cc(C)ccc1-2. The van der Waals surface area contributed by atoms with Crippen LogP contribution in [0.5, 0.6) is 0 Å². The quantitative estimate of drug-likeness (QED) is 0.166. The van der Waals surface area contributed by atoms with E-state index in [-0.39, 0.29) is 0 Å². The average molecular weight is 732 g/mol. The molecule has 2 aliphatic carbocycles. The van der Waals surface area contributed by atoms with Gasteiger partial charge in [-0.2, -0.15) is 0 Å². The maximum absolute atomic E-state index is 2.88. The van der Waals surface area contributed by atoms with Gasteiger partial charge in [-0.25, -0.2) is 0 Å². The summed E-state index contributed by atoms with van der Waals surface area (Å²) >= 11 is -2.88. The number of benzene rings is 4.